The molecule has 0 aliphatic carbocycles. The number of nitrogens with one attached hydrogen (secondary N) is 1. The minimum Gasteiger partial charge on any atom is -0.409 e. The van der Waals surface area contributed by atoms with Gasteiger partial charge in [-0.2, -0.15) is 0 Å². The normalized spacial score (nSPS) is 11.7. The minimum absolute atomic E-state index is 0.103. The summed E-state index contributed by atoms with van der Waals surface area (Å²) >= 11 is 1.45. The highest BCUT2D eigenvalue weighted by Gasteiger charge is 2.09. The van der Waals surface area contributed by atoms with Crippen LogP contribution >= 0.6 is 11.3 Å². The molecule has 4 N–H and O–H groups in total. The lowest BCUT2D eigenvalue weighted by molar-refractivity contribution is 0.0959. The fourth-order valence-corrected chi connectivity index (χ4v) is 2.51. The van der Waals surface area contributed by atoms with Crippen molar-refractivity contribution in [3.05, 3.63) is 35.2 Å². The summed E-state index contributed by atoms with van der Waals surface area (Å²) in [5.74, 6) is -0.0337. The Morgan fingerprint density at radius 2 is 2.22 bits per heavy atom. The largest absolute Gasteiger partial charge is 0.409 e. The highest BCUT2D eigenvalue weighted by Crippen LogP contribution is 2.24. The quantitative estimate of drug-likeness (QED) is 0.340. The standard InChI is InChI=1S/C12H13N3O2S/c13-11(15-17)5-6-14-12(16)10-7-8-3-1-2-4-9(8)18-10/h1-4,7,17H,5-6H2,(H2,13,15)(H,14,16). The Bertz CT molecular complexity index is 559. The summed E-state index contributed by atoms with van der Waals surface area (Å²) in [5.41, 5.74) is 5.31. The van der Waals surface area contributed by atoms with Crippen LogP contribution in [0.5, 0.6) is 0 Å². The molecule has 0 radical (unpaired) electrons. The number of amides is 1. The smallest absolute Gasteiger partial charge is 0.261 e. The zero-order valence-corrected chi connectivity index (χ0v) is 10.4. The average Bonchev–Trinajstić information content (AvgIpc) is 2.82. The molecule has 0 atom stereocenters. The van der Waals surface area contributed by atoms with Crippen molar-refractivity contribution in [2.75, 3.05) is 6.54 Å². The van der Waals surface area contributed by atoms with E-state index in [0.717, 1.165) is 10.1 Å². The number of amidine groups is 1. The summed E-state index contributed by atoms with van der Waals surface area (Å²) < 4.78 is 1.08. The number of nitrogens with two attached hydrogens (primary N) is 1. The van der Waals surface area contributed by atoms with Crippen LogP contribution in [0.3, 0.4) is 0 Å². The summed E-state index contributed by atoms with van der Waals surface area (Å²) in [5, 5.41) is 15.0. The molecule has 0 aliphatic heterocycles. The van der Waals surface area contributed by atoms with Crippen LogP contribution in [0, 0.1) is 0 Å². The second-order valence-electron chi connectivity index (χ2n) is 3.75. The second-order valence-corrected chi connectivity index (χ2v) is 4.83. The SMILES string of the molecule is NC(CCNC(=O)c1cc2ccccc2s1)=NO. The predicted octanol–water partition coefficient (Wildman–Crippen LogP) is 1.77. The molecule has 18 heavy (non-hydrogen) atoms. The van der Waals surface area contributed by atoms with Crippen LogP contribution in [-0.2, 0) is 0 Å². The van der Waals surface area contributed by atoms with E-state index in [9.17, 15) is 4.79 Å². The van der Waals surface area contributed by atoms with E-state index in [-0.39, 0.29) is 11.7 Å². The molecular formula is C12H13N3O2S. The van der Waals surface area contributed by atoms with Gasteiger partial charge in [-0.25, -0.2) is 0 Å². The Morgan fingerprint density at radius 3 is 2.94 bits per heavy atom. The summed E-state index contributed by atoms with van der Waals surface area (Å²) in [4.78, 5) is 12.5. The van der Waals surface area contributed by atoms with Crippen LogP contribution in [-0.4, -0.2) is 23.5 Å². The first-order valence-corrected chi connectivity index (χ1v) is 6.25. The average molecular weight is 263 g/mol. The van der Waals surface area contributed by atoms with Crippen LogP contribution in [0.2, 0.25) is 0 Å². The topological polar surface area (TPSA) is 87.7 Å². The zero-order chi connectivity index (χ0) is 13.0. The van der Waals surface area contributed by atoms with Gasteiger partial charge in [-0.05, 0) is 17.5 Å². The lowest BCUT2D eigenvalue weighted by Crippen LogP contribution is -2.27. The van der Waals surface area contributed by atoms with Crippen molar-refractivity contribution in [3.63, 3.8) is 0 Å². The maximum Gasteiger partial charge on any atom is 0.261 e. The van der Waals surface area contributed by atoms with E-state index in [1.54, 1.807) is 0 Å². The van der Waals surface area contributed by atoms with E-state index in [0.29, 0.717) is 17.8 Å². The van der Waals surface area contributed by atoms with E-state index >= 15 is 0 Å². The van der Waals surface area contributed by atoms with E-state index in [1.807, 2.05) is 30.3 Å². The van der Waals surface area contributed by atoms with E-state index < -0.39 is 0 Å². The lowest BCUT2D eigenvalue weighted by atomic mass is 10.2. The summed E-state index contributed by atoms with van der Waals surface area (Å²) in [6.07, 6.45) is 0.327. The van der Waals surface area contributed by atoms with Crippen molar-refractivity contribution in [3.8, 4) is 0 Å². The van der Waals surface area contributed by atoms with Gasteiger partial charge in [-0.15, -0.1) is 11.3 Å². The van der Waals surface area contributed by atoms with Crippen LogP contribution < -0.4 is 11.1 Å². The first kappa shape index (κ1) is 12.4. The molecule has 0 aliphatic rings. The molecule has 0 fully saturated rings. The predicted molar refractivity (Wildman–Crippen MR) is 72.2 cm³/mol. The molecule has 0 saturated carbocycles. The Morgan fingerprint density at radius 1 is 1.44 bits per heavy atom. The number of oxime groups is 1. The molecule has 0 spiro atoms. The van der Waals surface area contributed by atoms with Crippen molar-refractivity contribution in [1.29, 1.82) is 0 Å². The van der Waals surface area contributed by atoms with Crippen molar-refractivity contribution in [2.45, 2.75) is 6.42 Å². The van der Waals surface area contributed by atoms with Gasteiger partial charge in [0.2, 0.25) is 0 Å². The van der Waals surface area contributed by atoms with Gasteiger partial charge in [0.05, 0.1) is 4.88 Å². The molecule has 0 unspecified atom stereocenters. The summed E-state index contributed by atoms with van der Waals surface area (Å²) in [6.45, 7) is 0.350. The molecule has 0 saturated heterocycles. The Kier molecular flexibility index (Phi) is 3.78. The molecule has 5 nitrogen and oxygen atoms in total. The number of carbonyl (C=O) groups is 1. The maximum atomic E-state index is 11.8. The van der Waals surface area contributed by atoms with Gasteiger partial charge in [0.1, 0.15) is 5.84 Å². The van der Waals surface area contributed by atoms with Gasteiger partial charge in [-0.3, -0.25) is 4.79 Å². The van der Waals surface area contributed by atoms with Crippen molar-refractivity contribution in [2.24, 2.45) is 10.9 Å². The monoisotopic (exact) mass is 263 g/mol. The molecule has 94 valence electrons. The third-order valence-corrected chi connectivity index (χ3v) is 3.56. The van der Waals surface area contributed by atoms with Crippen LogP contribution in [0.15, 0.2) is 35.5 Å². The lowest BCUT2D eigenvalue weighted by Gasteiger charge is -2.01. The number of hydrogen-bond acceptors (Lipinski definition) is 4. The Labute approximate surface area is 108 Å². The van der Waals surface area contributed by atoms with Crippen molar-refractivity contribution in [1.82, 2.24) is 5.32 Å². The number of rotatable bonds is 4. The number of hydrogen-bond donors (Lipinski definition) is 3. The Hall–Kier alpha value is -2.08. The number of carbonyl (C=O) groups excluding carboxylic acids is 1. The fraction of sp³-hybridized carbons (Fsp3) is 0.167. The van der Waals surface area contributed by atoms with E-state index in [1.165, 1.54) is 11.3 Å². The van der Waals surface area contributed by atoms with Crippen molar-refractivity contribution < 1.29 is 10.0 Å². The molecule has 6 heteroatoms. The summed E-state index contributed by atoms with van der Waals surface area (Å²) in [6, 6.07) is 9.69. The second kappa shape index (κ2) is 5.50. The molecule has 2 aromatic rings. The maximum absolute atomic E-state index is 11.8. The molecular weight excluding hydrogens is 250 g/mol. The van der Waals surface area contributed by atoms with Crippen LogP contribution in [0.4, 0.5) is 0 Å². The van der Waals surface area contributed by atoms with Gasteiger partial charge >= 0.3 is 0 Å². The van der Waals surface area contributed by atoms with E-state index in [2.05, 4.69) is 10.5 Å². The molecule has 1 heterocycles. The molecule has 0 bridgehead atoms. The highest BCUT2D eigenvalue weighted by molar-refractivity contribution is 7.20. The third-order valence-electron chi connectivity index (χ3n) is 2.44. The fourth-order valence-electron chi connectivity index (χ4n) is 1.53. The molecule has 2 rings (SSSR count). The van der Waals surface area contributed by atoms with Gasteiger partial charge < -0.3 is 16.3 Å². The number of thiophene rings is 1. The van der Waals surface area contributed by atoms with Gasteiger partial charge in [0.25, 0.3) is 5.91 Å². The van der Waals surface area contributed by atoms with Crippen molar-refractivity contribution >= 4 is 33.2 Å². The first-order valence-electron chi connectivity index (χ1n) is 5.44. The summed E-state index contributed by atoms with van der Waals surface area (Å²) in [7, 11) is 0. The Balaban J connectivity index is 2.00. The first-order chi connectivity index (χ1) is 8.70. The van der Waals surface area contributed by atoms with E-state index in [4.69, 9.17) is 10.9 Å². The number of fused-ring (bicyclic) bond motifs is 1. The van der Waals surface area contributed by atoms with Gasteiger partial charge in [-0.1, -0.05) is 23.4 Å². The van der Waals surface area contributed by atoms with Gasteiger partial charge in [0, 0.05) is 17.7 Å². The van der Waals surface area contributed by atoms with Crippen LogP contribution in [0.25, 0.3) is 10.1 Å². The third kappa shape index (κ3) is 2.78. The van der Waals surface area contributed by atoms with Gasteiger partial charge in [0.15, 0.2) is 0 Å². The number of benzene rings is 1. The number of nitrogens with zero attached hydrogens (tertiary/aromatic N) is 1. The molecule has 1 aromatic carbocycles. The zero-order valence-electron chi connectivity index (χ0n) is 9.59. The minimum atomic E-state index is -0.137. The molecule has 1 amide bonds. The highest BCUT2D eigenvalue weighted by atomic mass is 32.1. The molecule has 1 aromatic heterocycles. The van der Waals surface area contributed by atoms with Crippen LogP contribution in [0.1, 0.15) is 16.1 Å².